The summed E-state index contributed by atoms with van der Waals surface area (Å²) in [5.41, 5.74) is 0. The standard InChI is InChI=1S/C12H22O6/c1-5-14-6-15-9-8(7(2)13)16-11-10(9)17-12(3,4)18-11/h7-11,13H,5-6H2,1-4H3/t7-,8-,9+,10-,11-/m1/s1/i2D. The molecule has 0 aliphatic carbocycles. The molecule has 2 fully saturated rings. The Kier molecular flexibility index (Phi) is 3.83. The van der Waals surface area contributed by atoms with E-state index in [1.165, 1.54) is 0 Å². The molecule has 0 saturated carbocycles. The van der Waals surface area contributed by atoms with Crippen LogP contribution in [0.25, 0.3) is 0 Å². The van der Waals surface area contributed by atoms with Gasteiger partial charge < -0.3 is 28.8 Å². The first-order chi connectivity index (χ1) is 8.98. The Morgan fingerprint density at radius 3 is 2.89 bits per heavy atom. The predicted octanol–water partition coefficient (Wildman–Crippen LogP) is 0.623. The van der Waals surface area contributed by atoms with Crippen molar-refractivity contribution in [3.8, 4) is 0 Å². The highest BCUT2D eigenvalue weighted by atomic mass is 16.8. The zero-order chi connectivity index (χ0) is 14.0. The van der Waals surface area contributed by atoms with Crippen molar-refractivity contribution in [2.75, 3.05) is 13.4 Å². The first-order valence-corrected chi connectivity index (χ1v) is 6.16. The molecule has 2 aliphatic heterocycles. The van der Waals surface area contributed by atoms with E-state index in [-0.39, 0.29) is 13.7 Å². The highest BCUT2D eigenvalue weighted by Crippen LogP contribution is 2.39. The third kappa shape index (κ3) is 2.84. The smallest absolute Gasteiger partial charge is 0.190 e. The fourth-order valence-electron chi connectivity index (χ4n) is 2.21. The van der Waals surface area contributed by atoms with Crippen molar-refractivity contribution in [3.63, 3.8) is 0 Å². The van der Waals surface area contributed by atoms with Gasteiger partial charge in [0.25, 0.3) is 0 Å². The Labute approximate surface area is 109 Å². The molecule has 5 atom stereocenters. The lowest BCUT2D eigenvalue weighted by atomic mass is 10.1. The molecule has 0 aromatic heterocycles. The molecule has 0 amide bonds. The zero-order valence-electron chi connectivity index (χ0n) is 12.0. The Morgan fingerprint density at radius 2 is 2.22 bits per heavy atom. The highest BCUT2D eigenvalue weighted by molar-refractivity contribution is 4.95. The van der Waals surface area contributed by atoms with Crippen molar-refractivity contribution in [1.82, 2.24) is 0 Å². The van der Waals surface area contributed by atoms with E-state index in [4.69, 9.17) is 25.1 Å². The summed E-state index contributed by atoms with van der Waals surface area (Å²) in [7, 11) is 0. The fraction of sp³-hybridized carbons (Fsp3) is 1.00. The number of aliphatic hydroxyl groups excluding tert-OH is 1. The molecule has 18 heavy (non-hydrogen) atoms. The molecule has 6 nitrogen and oxygen atoms in total. The van der Waals surface area contributed by atoms with Crippen molar-refractivity contribution in [1.29, 1.82) is 0 Å². The maximum atomic E-state index is 9.83. The molecule has 1 N–H and O–H groups in total. The SMILES string of the molecule is [2H]C[C@@H](O)[C@H]1O[C@@H]2OC(C)(C)O[C@@H]2[C@H]1OCOCC. The third-order valence-corrected chi connectivity index (χ3v) is 2.95. The molecule has 6 heteroatoms. The lowest BCUT2D eigenvalue weighted by molar-refractivity contribution is -0.235. The van der Waals surface area contributed by atoms with Crippen molar-refractivity contribution in [2.45, 2.75) is 64.2 Å². The van der Waals surface area contributed by atoms with Crippen LogP contribution in [0, 0.1) is 0 Å². The monoisotopic (exact) mass is 263 g/mol. The summed E-state index contributed by atoms with van der Waals surface area (Å²) in [4.78, 5) is 0. The van der Waals surface area contributed by atoms with Gasteiger partial charge in [-0.25, -0.2) is 0 Å². The van der Waals surface area contributed by atoms with Gasteiger partial charge in [-0.15, -0.1) is 0 Å². The molecule has 2 saturated heterocycles. The Balaban J connectivity index is 2.02. The molecule has 0 aromatic rings. The van der Waals surface area contributed by atoms with Crippen molar-refractivity contribution in [3.05, 3.63) is 0 Å². The van der Waals surface area contributed by atoms with Gasteiger partial charge in [0, 0.05) is 7.98 Å². The van der Waals surface area contributed by atoms with Crippen molar-refractivity contribution < 1.29 is 30.2 Å². The quantitative estimate of drug-likeness (QED) is 0.579. The minimum absolute atomic E-state index is 0.0960. The zero-order valence-corrected chi connectivity index (χ0v) is 11.0. The van der Waals surface area contributed by atoms with Gasteiger partial charge in [-0.3, -0.25) is 0 Å². The highest BCUT2D eigenvalue weighted by Gasteiger charge is 2.56. The van der Waals surface area contributed by atoms with Crippen LogP contribution >= 0.6 is 0 Å². The maximum absolute atomic E-state index is 9.83. The third-order valence-electron chi connectivity index (χ3n) is 2.95. The molecule has 0 bridgehead atoms. The van der Waals surface area contributed by atoms with Gasteiger partial charge in [0.1, 0.15) is 25.1 Å². The number of fused-ring (bicyclic) bond motifs is 1. The molecule has 2 rings (SSSR count). The number of aliphatic hydroxyl groups is 1. The second kappa shape index (κ2) is 5.40. The van der Waals surface area contributed by atoms with Crippen LogP contribution in [0.15, 0.2) is 0 Å². The molecule has 0 unspecified atom stereocenters. The first kappa shape index (κ1) is 12.8. The van der Waals surface area contributed by atoms with Crippen LogP contribution in [-0.4, -0.2) is 55.0 Å². The van der Waals surface area contributed by atoms with Crippen LogP contribution in [0.2, 0.25) is 0 Å². The summed E-state index contributed by atoms with van der Waals surface area (Å²) in [6, 6.07) is 0. The van der Waals surface area contributed by atoms with Gasteiger partial charge in [0.05, 0.1) is 6.10 Å². The summed E-state index contributed by atoms with van der Waals surface area (Å²) in [6.45, 7) is 5.93. The molecular formula is C12H22O6. The van der Waals surface area contributed by atoms with E-state index in [2.05, 4.69) is 0 Å². The summed E-state index contributed by atoms with van der Waals surface area (Å²) < 4.78 is 35.0. The summed E-state index contributed by atoms with van der Waals surface area (Å²) in [6.07, 6.45) is -3.07. The van der Waals surface area contributed by atoms with E-state index in [0.717, 1.165) is 0 Å². The predicted molar refractivity (Wildman–Crippen MR) is 61.7 cm³/mol. The Bertz CT molecular complexity index is 300. The van der Waals surface area contributed by atoms with Crippen LogP contribution in [0.4, 0.5) is 0 Å². The van der Waals surface area contributed by atoms with Crippen LogP contribution in [0.1, 0.15) is 29.0 Å². The molecule has 2 aliphatic rings. The van der Waals surface area contributed by atoms with E-state index in [1.54, 1.807) is 13.8 Å². The average molecular weight is 263 g/mol. The van der Waals surface area contributed by atoms with E-state index in [9.17, 15) is 5.11 Å². The van der Waals surface area contributed by atoms with Crippen LogP contribution in [0.3, 0.4) is 0 Å². The molecule has 2 heterocycles. The minimum atomic E-state index is -0.937. The van der Waals surface area contributed by atoms with Gasteiger partial charge in [0.15, 0.2) is 12.1 Å². The van der Waals surface area contributed by atoms with Gasteiger partial charge in [-0.05, 0) is 27.7 Å². The lowest BCUT2D eigenvalue weighted by Gasteiger charge is -2.27. The van der Waals surface area contributed by atoms with Gasteiger partial charge in [-0.1, -0.05) is 0 Å². The van der Waals surface area contributed by atoms with Crippen molar-refractivity contribution in [2.24, 2.45) is 0 Å². The van der Waals surface area contributed by atoms with E-state index in [1.807, 2.05) is 6.92 Å². The minimum Gasteiger partial charge on any atom is -0.391 e. The van der Waals surface area contributed by atoms with Crippen LogP contribution in [0.5, 0.6) is 0 Å². The van der Waals surface area contributed by atoms with Gasteiger partial charge in [-0.2, -0.15) is 0 Å². The maximum Gasteiger partial charge on any atom is 0.190 e. The van der Waals surface area contributed by atoms with E-state index < -0.39 is 36.5 Å². The molecular weight excluding hydrogens is 240 g/mol. The molecule has 106 valence electrons. The summed E-state index contributed by atoms with van der Waals surface area (Å²) in [5, 5.41) is 9.83. The largest absolute Gasteiger partial charge is 0.391 e. The second-order valence-electron chi connectivity index (χ2n) is 4.88. The number of hydrogen-bond donors (Lipinski definition) is 1. The second-order valence-corrected chi connectivity index (χ2v) is 4.88. The topological polar surface area (TPSA) is 66.4 Å². The first-order valence-electron chi connectivity index (χ1n) is 6.87. The Hall–Kier alpha value is -0.240. The number of rotatable bonds is 5. The molecule has 0 radical (unpaired) electrons. The number of hydrogen-bond acceptors (Lipinski definition) is 6. The molecule has 0 aromatic carbocycles. The van der Waals surface area contributed by atoms with E-state index in [0.29, 0.717) is 6.61 Å². The number of ether oxygens (including phenoxy) is 5. The summed E-state index contributed by atoms with van der Waals surface area (Å²) in [5.74, 6) is -0.737. The normalized spacial score (nSPS) is 40.6. The van der Waals surface area contributed by atoms with Crippen molar-refractivity contribution >= 4 is 0 Å². The van der Waals surface area contributed by atoms with Crippen LogP contribution < -0.4 is 0 Å². The van der Waals surface area contributed by atoms with E-state index >= 15 is 0 Å². The van der Waals surface area contributed by atoms with Crippen LogP contribution in [-0.2, 0) is 23.7 Å². The fourth-order valence-corrected chi connectivity index (χ4v) is 2.21. The summed E-state index contributed by atoms with van der Waals surface area (Å²) >= 11 is 0. The lowest BCUT2D eigenvalue weighted by Crippen LogP contribution is -2.42. The van der Waals surface area contributed by atoms with Gasteiger partial charge >= 0.3 is 0 Å². The molecule has 0 spiro atoms. The Morgan fingerprint density at radius 1 is 1.44 bits per heavy atom. The van der Waals surface area contributed by atoms with Gasteiger partial charge in [0.2, 0.25) is 0 Å². The average Bonchev–Trinajstić information content (AvgIpc) is 2.82.